The number of carboxylic acids is 1. The number of aliphatic hydroxyl groups is 2. The van der Waals surface area contributed by atoms with Crippen molar-refractivity contribution < 1.29 is 24.6 Å². The zero-order chi connectivity index (χ0) is 16.4. The molecule has 3 N–H and O–H groups in total. The van der Waals surface area contributed by atoms with Gasteiger partial charge in [-0.1, -0.05) is 35.5 Å². The minimum Gasteiger partial charge on any atom is -0.477 e. The molecule has 3 rings (SSSR count). The fraction of sp³-hybridized carbons (Fsp3) is 0.375. The number of aliphatic hydroxyl groups excluding tert-OH is 2. The van der Waals surface area contributed by atoms with Crippen molar-refractivity contribution in [2.75, 3.05) is 24.6 Å². The van der Waals surface area contributed by atoms with E-state index in [9.17, 15) is 20.1 Å². The van der Waals surface area contributed by atoms with Crippen LogP contribution in [0.3, 0.4) is 0 Å². The molecule has 23 heavy (non-hydrogen) atoms. The largest absolute Gasteiger partial charge is 0.477 e. The summed E-state index contributed by atoms with van der Waals surface area (Å²) in [7, 11) is 0. The highest BCUT2D eigenvalue weighted by Crippen LogP contribution is 2.33. The average Bonchev–Trinajstić information content (AvgIpc) is 3.01. The van der Waals surface area contributed by atoms with Crippen LogP contribution >= 0.6 is 0 Å². The minimum atomic E-state index is -1.13. The third-order valence-corrected chi connectivity index (χ3v) is 4.18. The summed E-state index contributed by atoms with van der Waals surface area (Å²) in [5, 5.41) is 32.7. The quantitative estimate of drug-likeness (QED) is 0.778. The monoisotopic (exact) mass is 318 g/mol. The van der Waals surface area contributed by atoms with Crippen LogP contribution in [0.5, 0.6) is 0 Å². The van der Waals surface area contributed by atoms with Gasteiger partial charge in [-0.05, 0) is 6.42 Å². The van der Waals surface area contributed by atoms with Gasteiger partial charge in [0.25, 0.3) is 0 Å². The van der Waals surface area contributed by atoms with Crippen molar-refractivity contribution in [1.82, 2.24) is 5.16 Å². The van der Waals surface area contributed by atoms with Crippen LogP contribution < -0.4 is 4.90 Å². The summed E-state index contributed by atoms with van der Waals surface area (Å²) in [6.45, 7) is 0.629. The lowest BCUT2D eigenvalue weighted by atomic mass is 9.94. The van der Waals surface area contributed by atoms with Gasteiger partial charge in [-0.3, -0.25) is 0 Å². The number of hydrogen-bond acceptors (Lipinski definition) is 6. The Morgan fingerprint density at radius 1 is 1.35 bits per heavy atom. The Bertz CT molecular complexity index is 685. The van der Waals surface area contributed by atoms with E-state index in [4.69, 9.17) is 4.52 Å². The zero-order valence-electron chi connectivity index (χ0n) is 12.4. The number of anilines is 1. The molecule has 0 amide bonds. The summed E-state index contributed by atoms with van der Waals surface area (Å²) in [6, 6.07) is 8.92. The summed E-state index contributed by atoms with van der Waals surface area (Å²) < 4.78 is 5.28. The molecule has 1 aromatic carbocycles. The zero-order valence-corrected chi connectivity index (χ0v) is 12.4. The molecule has 0 saturated carbocycles. The van der Waals surface area contributed by atoms with E-state index in [1.807, 2.05) is 6.07 Å². The number of benzene rings is 1. The smallest absolute Gasteiger partial charge is 0.343 e. The third kappa shape index (κ3) is 2.93. The van der Waals surface area contributed by atoms with Crippen molar-refractivity contribution in [3.8, 4) is 11.3 Å². The molecule has 7 heteroatoms. The Morgan fingerprint density at radius 3 is 2.70 bits per heavy atom. The molecular weight excluding hydrogens is 300 g/mol. The van der Waals surface area contributed by atoms with E-state index >= 15 is 0 Å². The Labute approximate surface area is 132 Å². The van der Waals surface area contributed by atoms with Gasteiger partial charge in [-0.2, -0.15) is 0 Å². The van der Waals surface area contributed by atoms with E-state index in [1.165, 1.54) is 0 Å². The van der Waals surface area contributed by atoms with Gasteiger partial charge >= 0.3 is 5.97 Å². The molecule has 2 atom stereocenters. The van der Waals surface area contributed by atoms with Crippen molar-refractivity contribution in [3.63, 3.8) is 0 Å². The van der Waals surface area contributed by atoms with Crippen LogP contribution in [-0.2, 0) is 0 Å². The van der Waals surface area contributed by atoms with Gasteiger partial charge < -0.3 is 24.7 Å². The molecule has 1 aliphatic rings. The maximum absolute atomic E-state index is 11.7. The molecule has 2 heterocycles. The van der Waals surface area contributed by atoms with E-state index in [0.717, 1.165) is 0 Å². The number of rotatable bonds is 4. The van der Waals surface area contributed by atoms with E-state index in [0.29, 0.717) is 18.5 Å². The van der Waals surface area contributed by atoms with Crippen LogP contribution in [0.4, 0.5) is 5.82 Å². The summed E-state index contributed by atoms with van der Waals surface area (Å²) in [4.78, 5) is 13.4. The Kier molecular flexibility index (Phi) is 4.31. The first-order chi connectivity index (χ1) is 11.1. The Balaban J connectivity index is 1.95. The lowest BCUT2D eigenvalue weighted by Gasteiger charge is -2.35. The SMILES string of the molecule is O=C(O)c1c(N2CC[C@H](CO)[C@H](O)C2)noc1-c1ccccc1. The second-order valence-electron chi connectivity index (χ2n) is 5.63. The summed E-state index contributed by atoms with van der Waals surface area (Å²) in [5.74, 6) is -0.905. The normalized spacial score (nSPS) is 21.4. The predicted molar refractivity (Wildman–Crippen MR) is 82.3 cm³/mol. The van der Waals surface area contributed by atoms with Gasteiger partial charge in [-0.15, -0.1) is 0 Å². The van der Waals surface area contributed by atoms with E-state index in [-0.39, 0.29) is 36.2 Å². The molecule has 2 aromatic rings. The van der Waals surface area contributed by atoms with Crippen molar-refractivity contribution >= 4 is 11.8 Å². The number of nitrogens with zero attached hydrogens (tertiary/aromatic N) is 2. The number of carboxylic acid groups (broad SMARTS) is 1. The molecule has 1 saturated heterocycles. The van der Waals surface area contributed by atoms with Crippen LogP contribution in [0.2, 0.25) is 0 Å². The number of aromatic carboxylic acids is 1. The van der Waals surface area contributed by atoms with Crippen LogP contribution in [-0.4, -0.2) is 52.2 Å². The first-order valence-corrected chi connectivity index (χ1v) is 7.44. The summed E-state index contributed by atoms with van der Waals surface area (Å²) >= 11 is 0. The summed E-state index contributed by atoms with van der Waals surface area (Å²) in [6.07, 6.45) is -0.170. The highest BCUT2D eigenvalue weighted by Gasteiger charge is 2.33. The number of aromatic nitrogens is 1. The fourth-order valence-corrected chi connectivity index (χ4v) is 2.86. The standard InChI is InChI=1S/C16H18N2O5/c19-9-11-6-7-18(8-12(11)20)15-13(16(21)22)14(23-17-15)10-4-2-1-3-5-10/h1-5,11-12,19-20H,6-9H2,(H,21,22)/t11-,12-/m1/s1. The molecule has 122 valence electrons. The molecule has 7 nitrogen and oxygen atoms in total. The van der Waals surface area contributed by atoms with Crippen LogP contribution in [0, 0.1) is 5.92 Å². The highest BCUT2D eigenvalue weighted by atomic mass is 16.5. The molecule has 0 unspecified atom stereocenters. The average molecular weight is 318 g/mol. The molecule has 0 bridgehead atoms. The van der Waals surface area contributed by atoms with Crippen molar-refractivity contribution in [3.05, 3.63) is 35.9 Å². The number of piperidine rings is 1. The van der Waals surface area contributed by atoms with E-state index in [2.05, 4.69) is 5.16 Å². The van der Waals surface area contributed by atoms with Crippen molar-refractivity contribution in [2.45, 2.75) is 12.5 Å². The van der Waals surface area contributed by atoms with Gasteiger partial charge in [0.15, 0.2) is 17.1 Å². The first-order valence-electron chi connectivity index (χ1n) is 7.44. The predicted octanol–water partition coefficient (Wildman–Crippen LogP) is 1.22. The highest BCUT2D eigenvalue weighted by molar-refractivity contribution is 5.99. The Morgan fingerprint density at radius 2 is 2.09 bits per heavy atom. The lowest BCUT2D eigenvalue weighted by molar-refractivity contribution is 0.0540. The van der Waals surface area contributed by atoms with E-state index < -0.39 is 12.1 Å². The number of hydrogen-bond donors (Lipinski definition) is 3. The molecule has 1 aromatic heterocycles. The topological polar surface area (TPSA) is 107 Å². The number of carbonyl (C=O) groups is 1. The molecule has 1 aliphatic heterocycles. The van der Waals surface area contributed by atoms with Gasteiger partial charge in [0, 0.05) is 31.2 Å². The second-order valence-corrected chi connectivity index (χ2v) is 5.63. The van der Waals surface area contributed by atoms with Crippen LogP contribution in [0.15, 0.2) is 34.9 Å². The lowest BCUT2D eigenvalue weighted by Crippen LogP contribution is -2.45. The molecular formula is C16H18N2O5. The maximum atomic E-state index is 11.7. The number of β-amino-alcohol motifs (C(OH)–C–C–N with tert-alkyl or cyclic N) is 1. The second kappa shape index (κ2) is 6.39. The summed E-state index contributed by atoms with van der Waals surface area (Å²) in [5.41, 5.74) is 0.625. The van der Waals surface area contributed by atoms with Crippen LogP contribution in [0.1, 0.15) is 16.8 Å². The van der Waals surface area contributed by atoms with Gasteiger partial charge in [0.2, 0.25) is 0 Å². The molecule has 0 radical (unpaired) electrons. The molecule has 1 fully saturated rings. The third-order valence-electron chi connectivity index (χ3n) is 4.18. The minimum absolute atomic E-state index is 0.00847. The van der Waals surface area contributed by atoms with Crippen molar-refractivity contribution in [2.24, 2.45) is 5.92 Å². The van der Waals surface area contributed by atoms with Crippen molar-refractivity contribution in [1.29, 1.82) is 0 Å². The molecule has 0 spiro atoms. The first kappa shape index (κ1) is 15.5. The van der Waals surface area contributed by atoms with Gasteiger partial charge in [0.05, 0.1) is 6.10 Å². The maximum Gasteiger partial charge on any atom is 0.343 e. The van der Waals surface area contributed by atoms with Crippen LogP contribution in [0.25, 0.3) is 11.3 Å². The van der Waals surface area contributed by atoms with Gasteiger partial charge in [-0.25, -0.2) is 4.79 Å². The molecule has 0 aliphatic carbocycles. The fourth-order valence-electron chi connectivity index (χ4n) is 2.86. The Hall–Kier alpha value is -2.38. The van der Waals surface area contributed by atoms with Gasteiger partial charge in [0.1, 0.15) is 0 Å². The van der Waals surface area contributed by atoms with E-state index in [1.54, 1.807) is 29.2 Å².